The van der Waals surface area contributed by atoms with Crippen molar-refractivity contribution in [3.05, 3.63) is 0 Å². The molecule has 1 saturated heterocycles. The fourth-order valence-corrected chi connectivity index (χ4v) is 1.84. The van der Waals surface area contributed by atoms with Gasteiger partial charge in [0, 0.05) is 13.1 Å². The maximum absolute atomic E-state index is 12.6. The number of nitrogens with one attached hydrogen (secondary N) is 1. The molecule has 1 heterocycles. The Labute approximate surface area is 103 Å². The van der Waals surface area contributed by atoms with Gasteiger partial charge in [0.25, 0.3) is 0 Å². The van der Waals surface area contributed by atoms with Gasteiger partial charge >= 0.3 is 6.18 Å². The minimum Gasteiger partial charge on any atom is -0.379 e. The van der Waals surface area contributed by atoms with E-state index in [9.17, 15) is 23.1 Å². The average molecular weight is 264 g/mol. The Morgan fingerprint density at radius 1 is 1.67 bits per heavy atom. The normalized spacial score (nSPS) is 26.7. The lowest BCUT2D eigenvalue weighted by Crippen LogP contribution is -2.50. The second-order valence-corrected chi connectivity index (χ2v) is 4.35. The standard InChI is InChI=1S/C11H15F3N2O2/c1-3-5-15-9(17)8(2)16-6-4-10(18,7-16)11(12,13)14/h1,8,18H,4-7H2,2H3,(H,15,17). The molecule has 1 amide bonds. The van der Waals surface area contributed by atoms with E-state index in [1.165, 1.54) is 11.8 Å². The molecular weight excluding hydrogens is 249 g/mol. The van der Waals surface area contributed by atoms with Crippen LogP contribution in [0.3, 0.4) is 0 Å². The zero-order chi connectivity index (χ0) is 14.0. The maximum atomic E-state index is 12.6. The van der Waals surface area contributed by atoms with Gasteiger partial charge in [-0.15, -0.1) is 6.42 Å². The molecule has 2 atom stereocenters. The van der Waals surface area contributed by atoms with Gasteiger partial charge in [0.1, 0.15) is 0 Å². The number of halogens is 3. The summed E-state index contributed by atoms with van der Waals surface area (Å²) in [4.78, 5) is 12.8. The molecule has 0 aromatic rings. The van der Waals surface area contributed by atoms with Crippen LogP contribution in [0.2, 0.25) is 0 Å². The SMILES string of the molecule is C#CCNC(=O)C(C)N1CCC(O)(C(F)(F)F)C1. The van der Waals surface area contributed by atoms with Crippen molar-refractivity contribution in [3.63, 3.8) is 0 Å². The summed E-state index contributed by atoms with van der Waals surface area (Å²) in [7, 11) is 0. The topological polar surface area (TPSA) is 52.6 Å². The van der Waals surface area contributed by atoms with E-state index in [1.807, 2.05) is 0 Å². The van der Waals surface area contributed by atoms with Gasteiger partial charge in [0.15, 0.2) is 5.60 Å². The molecular formula is C11H15F3N2O2. The number of alkyl halides is 3. The van der Waals surface area contributed by atoms with Crippen molar-refractivity contribution in [1.82, 2.24) is 10.2 Å². The van der Waals surface area contributed by atoms with Gasteiger partial charge in [0.2, 0.25) is 5.91 Å². The number of hydrogen-bond acceptors (Lipinski definition) is 3. The van der Waals surface area contributed by atoms with Gasteiger partial charge in [-0.25, -0.2) is 0 Å². The molecule has 0 aliphatic carbocycles. The predicted molar refractivity (Wildman–Crippen MR) is 58.5 cm³/mol. The lowest BCUT2D eigenvalue weighted by atomic mass is 10.0. The highest BCUT2D eigenvalue weighted by Gasteiger charge is 2.57. The van der Waals surface area contributed by atoms with E-state index in [0.29, 0.717) is 0 Å². The summed E-state index contributed by atoms with van der Waals surface area (Å²) < 4.78 is 37.7. The molecule has 0 radical (unpaired) electrons. The van der Waals surface area contributed by atoms with Crippen LogP contribution < -0.4 is 5.32 Å². The number of likely N-dealkylation sites (tertiary alicyclic amines) is 1. The highest BCUT2D eigenvalue weighted by molar-refractivity contribution is 5.81. The van der Waals surface area contributed by atoms with E-state index in [1.54, 1.807) is 0 Å². The number of carbonyl (C=O) groups is 1. The number of terminal acetylenes is 1. The van der Waals surface area contributed by atoms with E-state index in [2.05, 4.69) is 11.2 Å². The molecule has 1 aliphatic heterocycles. The largest absolute Gasteiger partial charge is 0.418 e. The zero-order valence-corrected chi connectivity index (χ0v) is 9.92. The first kappa shape index (κ1) is 14.8. The third kappa shape index (κ3) is 2.94. The van der Waals surface area contributed by atoms with Gasteiger partial charge in [0.05, 0.1) is 12.6 Å². The monoisotopic (exact) mass is 264 g/mol. The Kier molecular flexibility index (Phi) is 4.24. The van der Waals surface area contributed by atoms with Gasteiger partial charge < -0.3 is 10.4 Å². The van der Waals surface area contributed by atoms with Crippen molar-refractivity contribution in [2.75, 3.05) is 19.6 Å². The first-order valence-corrected chi connectivity index (χ1v) is 5.45. The molecule has 0 saturated carbocycles. The molecule has 2 unspecified atom stereocenters. The molecule has 102 valence electrons. The summed E-state index contributed by atoms with van der Waals surface area (Å²) in [6.07, 6.45) is -0.148. The van der Waals surface area contributed by atoms with Crippen LogP contribution in [0, 0.1) is 12.3 Å². The molecule has 2 N–H and O–H groups in total. The summed E-state index contributed by atoms with van der Waals surface area (Å²) in [5.41, 5.74) is -2.73. The van der Waals surface area contributed by atoms with Crippen LogP contribution >= 0.6 is 0 Å². The summed E-state index contributed by atoms with van der Waals surface area (Å²) in [5.74, 6) is 1.76. The smallest absolute Gasteiger partial charge is 0.379 e. The third-order valence-electron chi connectivity index (χ3n) is 3.10. The van der Waals surface area contributed by atoms with Gasteiger partial charge in [-0.05, 0) is 13.3 Å². The molecule has 0 aromatic heterocycles. The molecule has 0 aromatic carbocycles. The van der Waals surface area contributed by atoms with Crippen molar-refractivity contribution in [2.24, 2.45) is 0 Å². The number of carbonyl (C=O) groups excluding carboxylic acids is 1. The van der Waals surface area contributed by atoms with E-state index in [-0.39, 0.29) is 13.1 Å². The average Bonchev–Trinajstić information content (AvgIpc) is 2.68. The Hall–Kier alpha value is -1.26. The number of amides is 1. The van der Waals surface area contributed by atoms with Crippen LogP contribution in [0.4, 0.5) is 13.2 Å². The van der Waals surface area contributed by atoms with Crippen molar-refractivity contribution in [2.45, 2.75) is 31.2 Å². The fraction of sp³-hybridized carbons (Fsp3) is 0.727. The van der Waals surface area contributed by atoms with Crippen molar-refractivity contribution >= 4 is 5.91 Å². The Balaban J connectivity index is 2.62. The molecule has 4 nitrogen and oxygen atoms in total. The number of hydrogen-bond donors (Lipinski definition) is 2. The zero-order valence-electron chi connectivity index (χ0n) is 9.92. The molecule has 1 aliphatic rings. The van der Waals surface area contributed by atoms with E-state index in [4.69, 9.17) is 6.42 Å². The number of β-amino-alcohol motifs (C(OH)–C–C–N with tert-alkyl or cyclic N) is 1. The number of aliphatic hydroxyl groups is 1. The molecule has 1 fully saturated rings. The summed E-state index contributed by atoms with van der Waals surface area (Å²) in [6.45, 7) is 0.927. The van der Waals surface area contributed by atoms with Crippen LogP contribution in [0.15, 0.2) is 0 Å². The number of nitrogens with zero attached hydrogens (tertiary/aromatic N) is 1. The second kappa shape index (κ2) is 5.16. The van der Waals surface area contributed by atoms with Crippen LogP contribution in [0.5, 0.6) is 0 Å². The van der Waals surface area contributed by atoms with Gasteiger partial charge in [-0.1, -0.05) is 5.92 Å². The summed E-state index contributed by atoms with van der Waals surface area (Å²) in [5, 5.41) is 11.9. The molecule has 0 bridgehead atoms. The highest BCUT2D eigenvalue weighted by Crippen LogP contribution is 2.38. The fourth-order valence-electron chi connectivity index (χ4n) is 1.84. The number of rotatable bonds is 3. The van der Waals surface area contributed by atoms with Crippen LogP contribution in [-0.2, 0) is 4.79 Å². The minimum absolute atomic E-state index is 0.0145. The quantitative estimate of drug-likeness (QED) is 0.712. The van der Waals surface area contributed by atoms with E-state index < -0.39 is 36.7 Å². The van der Waals surface area contributed by atoms with Crippen molar-refractivity contribution in [3.8, 4) is 12.3 Å². The molecule has 1 rings (SSSR count). The first-order chi connectivity index (χ1) is 8.21. The molecule has 18 heavy (non-hydrogen) atoms. The van der Waals surface area contributed by atoms with Crippen molar-refractivity contribution in [1.29, 1.82) is 0 Å². The summed E-state index contributed by atoms with van der Waals surface area (Å²) in [6, 6.07) is -0.755. The van der Waals surface area contributed by atoms with Gasteiger partial charge in [-0.3, -0.25) is 9.69 Å². The van der Waals surface area contributed by atoms with E-state index in [0.717, 1.165) is 0 Å². The lowest BCUT2D eigenvalue weighted by molar-refractivity contribution is -0.254. The van der Waals surface area contributed by atoms with Crippen LogP contribution in [0.1, 0.15) is 13.3 Å². The Bertz CT molecular complexity index is 364. The van der Waals surface area contributed by atoms with E-state index >= 15 is 0 Å². The molecule has 7 heteroatoms. The second-order valence-electron chi connectivity index (χ2n) is 4.35. The molecule has 0 spiro atoms. The van der Waals surface area contributed by atoms with Gasteiger partial charge in [-0.2, -0.15) is 13.2 Å². The Morgan fingerprint density at radius 2 is 2.28 bits per heavy atom. The third-order valence-corrected chi connectivity index (χ3v) is 3.10. The van der Waals surface area contributed by atoms with Crippen LogP contribution in [-0.4, -0.2) is 53.4 Å². The first-order valence-electron chi connectivity index (χ1n) is 5.45. The maximum Gasteiger partial charge on any atom is 0.418 e. The Morgan fingerprint density at radius 3 is 2.72 bits per heavy atom. The minimum atomic E-state index is -4.68. The predicted octanol–water partition coefficient (Wildman–Crippen LogP) is 0.123. The lowest BCUT2D eigenvalue weighted by Gasteiger charge is -2.28. The van der Waals surface area contributed by atoms with Crippen molar-refractivity contribution < 1.29 is 23.1 Å². The highest BCUT2D eigenvalue weighted by atomic mass is 19.4. The summed E-state index contributed by atoms with van der Waals surface area (Å²) >= 11 is 0. The van der Waals surface area contributed by atoms with Crippen LogP contribution in [0.25, 0.3) is 0 Å².